The van der Waals surface area contributed by atoms with Crippen LogP contribution in [-0.4, -0.2) is 35.0 Å². The van der Waals surface area contributed by atoms with Crippen molar-refractivity contribution in [1.29, 1.82) is 0 Å². The second-order valence-electron chi connectivity index (χ2n) is 7.93. The molecule has 23 heavy (non-hydrogen) atoms. The van der Waals surface area contributed by atoms with Crippen molar-refractivity contribution >= 4 is 5.97 Å². The van der Waals surface area contributed by atoms with E-state index in [1.54, 1.807) is 0 Å². The normalized spacial score (nSPS) is 33.0. The number of nitrogens with one attached hydrogen (secondary N) is 1. The Hall–Kier alpha value is -1.36. The Morgan fingerprint density at radius 1 is 1.30 bits per heavy atom. The smallest absolute Gasteiger partial charge is 0.359 e. The summed E-state index contributed by atoms with van der Waals surface area (Å²) in [6.07, 6.45) is 7.39. The quantitative estimate of drug-likeness (QED) is 0.867. The first-order valence-corrected chi connectivity index (χ1v) is 8.95. The van der Waals surface area contributed by atoms with E-state index in [0.29, 0.717) is 17.5 Å². The lowest BCUT2D eigenvalue weighted by Gasteiger charge is -2.52. The van der Waals surface area contributed by atoms with Gasteiger partial charge in [-0.25, -0.2) is 4.79 Å². The molecule has 0 radical (unpaired) electrons. The van der Waals surface area contributed by atoms with Crippen molar-refractivity contribution in [2.45, 2.75) is 70.5 Å². The number of fused-ring (bicyclic) bond motifs is 1. The van der Waals surface area contributed by atoms with Crippen LogP contribution in [0.1, 0.15) is 74.5 Å². The number of hydrogen-bond acceptors (Lipinski definition) is 4. The van der Waals surface area contributed by atoms with Gasteiger partial charge in [0.1, 0.15) is 6.10 Å². The third-order valence-electron chi connectivity index (χ3n) is 6.08. The summed E-state index contributed by atoms with van der Waals surface area (Å²) in [6, 6.07) is 1.90. The van der Waals surface area contributed by atoms with E-state index in [1.165, 1.54) is 32.1 Å². The van der Waals surface area contributed by atoms with Gasteiger partial charge in [-0.2, -0.15) is 5.10 Å². The number of nitrogens with zero attached hydrogens (tertiary/aromatic N) is 1. The number of ether oxygens (including phenoxy) is 2. The summed E-state index contributed by atoms with van der Waals surface area (Å²) < 4.78 is 11.6. The highest BCUT2D eigenvalue weighted by atomic mass is 16.6. The lowest BCUT2D eigenvalue weighted by molar-refractivity contribution is -0.183. The molecule has 3 aliphatic rings. The Labute approximate surface area is 137 Å². The van der Waals surface area contributed by atoms with Crippen LogP contribution in [0.15, 0.2) is 6.07 Å². The second kappa shape index (κ2) is 5.62. The molecule has 1 N–H and O–H groups in total. The van der Waals surface area contributed by atoms with Crippen molar-refractivity contribution in [3.63, 3.8) is 0 Å². The number of esters is 1. The monoisotopic (exact) mass is 318 g/mol. The fraction of sp³-hybridized carbons (Fsp3) is 0.778. The molecule has 126 valence electrons. The van der Waals surface area contributed by atoms with Gasteiger partial charge in [-0.05, 0) is 25.3 Å². The number of rotatable bonds is 3. The summed E-state index contributed by atoms with van der Waals surface area (Å²) in [5.74, 6) is 0.572. The van der Waals surface area contributed by atoms with Gasteiger partial charge in [-0.15, -0.1) is 0 Å². The minimum Gasteiger partial charge on any atom is -0.457 e. The number of H-pyrrole nitrogens is 1. The summed E-state index contributed by atoms with van der Waals surface area (Å²) in [4.78, 5) is 12.5. The molecule has 2 heterocycles. The van der Waals surface area contributed by atoms with Crippen LogP contribution >= 0.6 is 0 Å². The summed E-state index contributed by atoms with van der Waals surface area (Å²) in [5, 5.41) is 7.26. The van der Waals surface area contributed by atoms with E-state index in [2.05, 4.69) is 24.0 Å². The van der Waals surface area contributed by atoms with Crippen LogP contribution in [-0.2, 0) is 9.47 Å². The third kappa shape index (κ3) is 2.49. The molecule has 0 aromatic carbocycles. The van der Waals surface area contributed by atoms with Gasteiger partial charge in [-0.1, -0.05) is 33.1 Å². The topological polar surface area (TPSA) is 64.2 Å². The molecule has 1 aliphatic heterocycles. The van der Waals surface area contributed by atoms with Crippen molar-refractivity contribution in [1.82, 2.24) is 10.2 Å². The molecule has 5 nitrogen and oxygen atoms in total. The van der Waals surface area contributed by atoms with Crippen LogP contribution in [0.25, 0.3) is 0 Å². The van der Waals surface area contributed by atoms with Crippen molar-refractivity contribution in [3.8, 4) is 0 Å². The van der Waals surface area contributed by atoms with E-state index in [0.717, 1.165) is 18.7 Å². The highest BCUT2D eigenvalue weighted by molar-refractivity contribution is 5.87. The molecule has 0 bridgehead atoms. The third-order valence-corrected chi connectivity index (χ3v) is 6.08. The number of aromatic amines is 1. The van der Waals surface area contributed by atoms with Crippen LogP contribution in [0.5, 0.6) is 0 Å². The molecule has 3 fully saturated rings. The molecule has 0 spiro atoms. The lowest BCUT2D eigenvalue weighted by atomic mass is 9.59. The van der Waals surface area contributed by atoms with Crippen molar-refractivity contribution in [2.75, 3.05) is 6.61 Å². The molecular formula is C18H26N2O3. The molecule has 1 aromatic rings. The van der Waals surface area contributed by atoms with E-state index in [4.69, 9.17) is 9.47 Å². The lowest BCUT2D eigenvalue weighted by Crippen LogP contribution is -2.61. The fourth-order valence-corrected chi connectivity index (χ4v) is 4.76. The maximum Gasteiger partial charge on any atom is 0.359 e. The van der Waals surface area contributed by atoms with Crippen molar-refractivity contribution in [2.24, 2.45) is 11.3 Å². The minimum absolute atomic E-state index is 0.0580. The number of carbonyl (C=O) groups is 1. The summed E-state index contributed by atoms with van der Waals surface area (Å²) in [5.41, 5.74) is 1.41. The van der Waals surface area contributed by atoms with Gasteiger partial charge in [0.2, 0.25) is 0 Å². The van der Waals surface area contributed by atoms with Gasteiger partial charge < -0.3 is 9.47 Å². The Kier molecular flexibility index (Phi) is 3.71. The average molecular weight is 318 g/mol. The summed E-state index contributed by atoms with van der Waals surface area (Å²) >= 11 is 0. The highest BCUT2D eigenvalue weighted by Crippen LogP contribution is 2.53. The Morgan fingerprint density at radius 3 is 2.87 bits per heavy atom. The average Bonchev–Trinajstić information content (AvgIpc) is 3.21. The zero-order valence-electron chi connectivity index (χ0n) is 14.0. The molecule has 1 aromatic heterocycles. The first-order valence-electron chi connectivity index (χ1n) is 8.95. The Bertz CT molecular complexity index is 589. The first-order chi connectivity index (χ1) is 11.1. The first kappa shape index (κ1) is 15.2. The molecule has 2 aliphatic carbocycles. The molecule has 4 rings (SSSR count). The van der Waals surface area contributed by atoms with Crippen LogP contribution in [0.2, 0.25) is 0 Å². The number of aromatic nitrogens is 2. The Morgan fingerprint density at radius 2 is 2.09 bits per heavy atom. The molecule has 1 saturated heterocycles. The summed E-state index contributed by atoms with van der Waals surface area (Å²) in [7, 11) is 0. The van der Waals surface area contributed by atoms with E-state index in [9.17, 15) is 4.79 Å². The van der Waals surface area contributed by atoms with Crippen LogP contribution in [0.4, 0.5) is 0 Å². The number of hydrogen-bond donors (Lipinski definition) is 1. The largest absolute Gasteiger partial charge is 0.457 e. The van der Waals surface area contributed by atoms with Gasteiger partial charge in [0.15, 0.2) is 5.69 Å². The highest BCUT2D eigenvalue weighted by Gasteiger charge is 2.61. The minimum atomic E-state index is -0.299. The van der Waals surface area contributed by atoms with Crippen LogP contribution in [0, 0.1) is 11.3 Å². The molecule has 0 amide bonds. The van der Waals surface area contributed by atoms with Gasteiger partial charge in [0, 0.05) is 29.6 Å². The van der Waals surface area contributed by atoms with Crippen LogP contribution in [0.3, 0.4) is 0 Å². The second-order valence-corrected chi connectivity index (χ2v) is 7.93. The van der Waals surface area contributed by atoms with Gasteiger partial charge in [0.25, 0.3) is 0 Å². The Balaban J connectivity index is 1.42. The molecule has 3 unspecified atom stereocenters. The van der Waals surface area contributed by atoms with Crippen molar-refractivity contribution in [3.05, 3.63) is 17.5 Å². The van der Waals surface area contributed by atoms with E-state index in [-0.39, 0.29) is 23.6 Å². The van der Waals surface area contributed by atoms with Crippen LogP contribution < -0.4 is 0 Å². The predicted molar refractivity (Wildman–Crippen MR) is 85.2 cm³/mol. The fourth-order valence-electron chi connectivity index (χ4n) is 4.76. The molecule has 3 atom stereocenters. The van der Waals surface area contributed by atoms with E-state index >= 15 is 0 Å². The SMILES string of the molecule is CC1(C)C2OCCC2C1OC(=O)c1cc(C2CCCCC2)[nH]n1. The zero-order valence-corrected chi connectivity index (χ0v) is 14.0. The maximum atomic E-state index is 12.5. The standard InChI is InChI=1S/C18H26N2O3/c1-18(2)15-12(8-9-22-15)16(18)23-17(21)14-10-13(19-20-14)11-6-4-3-5-7-11/h10-12,15-16H,3-9H2,1-2H3,(H,19,20). The van der Waals surface area contributed by atoms with E-state index in [1.807, 2.05) is 6.07 Å². The molecule has 5 heteroatoms. The van der Waals surface area contributed by atoms with Gasteiger partial charge >= 0.3 is 5.97 Å². The van der Waals surface area contributed by atoms with Gasteiger partial charge in [0.05, 0.1) is 6.10 Å². The van der Waals surface area contributed by atoms with E-state index < -0.39 is 0 Å². The molecular weight excluding hydrogens is 292 g/mol. The molecule has 2 saturated carbocycles. The predicted octanol–water partition coefficient (Wildman–Crippen LogP) is 3.43. The maximum absolute atomic E-state index is 12.5. The summed E-state index contributed by atoms with van der Waals surface area (Å²) in [6.45, 7) is 5.02. The van der Waals surface area contributed by atoms with Gasteiger partial charge in [-0.3, -0.25) is 5.10 Å². The number of carbonyl (C=O) groups excluding carboxylic acids is 1. The zero-order chi connectivity index (χ0) is 16.0. The van der Waals surface area contributed by atoms with Crippen molar-refractivity contribution < 1.29 is 14.3 Å².